The molecule has 0 unspecified atom stereocenters. The van der Waals surface area contributed by atoms with Crippen molar-refractivity contribution in [2.75, 3.05) is 17.2 Å². The molecular formula is C14H18N4. The zero-order valence-corrected chi connectivity index (χ0v) is 10.4. The van der Waals surface area contributed by atoms with E-state index in [-0.39, 0.29) is 0 Å². The molecule has 0 atom stereocenters. The van der Waals surface area contributed by atoms with E-state index in [1.807, 2.05) is 25.1 Å². The van der Waals surface area contributed by atoms with Gasteiger partial charge in [-0.1, -0.05) is 6.07 Å². The van der Waals surface area contributed by atoms with Crippen LogP contribution in [-0.4, -0.2) is 0 Å². The minimum Gasteiger partial charge on any atom is -0.399 e. The number of anilines is 3. The molecule has 0 spiro atoms. The molecule has 0 aliphatic heterocycles. The fourth-order valence-corrected chi connectivity index (χ4v) is 2.19. The Bertz CT molecular complexity index is 591. The van der Waals surface area contributed by atoms with Gasteiger partial charge >= 0.3 is 0 Å². The van der Waals surface area contributed by atoms with E-state index >= 15 is 0 Å². The summed E-state index contributed by atoms with van der Waals surface area (Å²) in [5.41, 5.74) is 29.5. The predicted octanol–water partition coefficient (Wildman–Crippen LogP) is 1.87. The number of hydrogen-bond acceptors (Lipinski definition) is 4. The van der Waals surface area contributed by atoms with Crippen molar-refractivity contribution in [3.63, 3.8) is 0 Å². The van der Waals surface area contributed by atoms with Crippen LogP contribution in [0, 0.1) is 6.92 Å². The zero-order chi connectivity index (χ0) is 13.3. The fourth-order valence-electron chi connectivity index (χ4n) is 2.19. The normalized spacial score (nSPS) is 10.6. The molecule has 2 rings (SSSR count). The molecule has 0 aliphatic rings. The van der Waals surface area contributed by atoms with Gasteiger partial charge in [-0.25, -0.2) is 0 Å². The lowest BCUT2D eigenvalue weighted by Crippen LogP contribution is -2.07. The van der Waals surface area contributed by atoms with E-state index in [9.17, 15) is 0 Å². The maximum absolute atomic E-state index is 6.06. The molecule has 0 saturated carbocycles. The minimum absolute atomic E-state index is 0.357. The van der Waals surface area contributed by atoms with E-state index in [0.717, 1.165) is 27.9 Å². The summed E-state index contributed by atoms with van der Waals surface area (Å²) in [7, 11) is 0. The summed E-state index contributed by atoms with van der Waals surface area (Å²) in [5.74, 6) is 0. The van der Waals surface area contributed by atoms with Gasteiger partial charge in [0, 0.05) is 29.2 Å². The van der Waals surface area contributed by atoms with Crippen molar-refractivity contribution in [3.8, 4) is 11.1 Å². The van der Waals surface area contributed by atoms with Crippen molar-refractivity contribution in [3.05, 3.63) is 41.5 Å². The van der Waals surface area contributed by atoms with Crippen LogP contribution >= 0.6 is 0 Å². The van der Waals surface area contributed by atoms with Crippen molar-refractivity contribution in [1.29, 1.82) is 0 Å². The Morgan fingerprint density at radius 1 is 0.944 bits per heavy atom. The van der Waals surface area contributed by atoms with E-state index in [2.05, 4.69) is 0 Å². The summed E-state index contributed by atoms with van der Waals surface area (Å²) in [6.07, 6.45) is 0. The molecule has 0 fully saturated rings. The first-order valence-corrected chi connectivity index (χ1v) is 5.78. The molecule has 4 heteroatoms. The maximum Gasteiger partial charge on any atom is 0.0398 e. The molecule has 2 aromatic carbocycles. The van der Waals surface area contributed by atoms with Crippen LogP contribution in [0.4, 0.5) is 17.1 Å². The average molecular weight is 242 g/mol. The second-order valence-electron chi connectivity index (χ2n) is 4.38. The molecule has 0 bridgehead atoms. The molecular weight excluding hydrogens is 224 g/mol. The van der Waals surface area contributed by atoms with Crippen molar-refractivity contribution in [2.45, 2.75) is 13.5 Å². The Labute approximate surface area is 107 Å². The third kappa shape index (κ3) is 1.98. The zero-order valence-electron chi connectivity index (χ0n) is 10.4. The first-order valence-electron chi connectivity index (χ1n) is 5.78. The summed E-state index contributed by atoms with van der Waals surface area (Å²) in [6, 6.07) is 9.31. The lowest BCUT2D eigenvalue weighted by molar-refractivity contribution is 1.08. The Hall–Kier alpha value is -2.20. The van der Waals surface area contributed by atoms with Gasteiger partial charge < -0.3 is 22.9 Å². The molecule has 8 N–H and O–H groups in total. The molecule has 0 heterocycles. The van der Waals surface area contributed by atoms with Crippen LogP contribution < -0.4 is 22.9 Å². The number of rotatable bonds is 2. The Morgan fingerprint density at radius 2 is 1.61 bits per heavy atom. The highest BCUT2D eigenvalue weighted by atomic mass is 14.6. The smallest absolute Gasteiger partial charge is 0.0398 e. The summed E-state index contributed by atoms with van der Waals surface area (Å²) >= 11 is 0. The van der Waals surface area contributed by atoms with Gasteiger partial charge in [0.1, 0.15) is 0 Å². The van der Waals surface area contributed by atoms with Crippen LogP contribution in [0.15, 0.2) is 30.3 Å². The van der Waals surface area contributed by atoms with Gasteiger partial charge in [0.2, 0.25) is 0 Å². The van der Waals surface area contributed by atoms with Crippen molar-refractivity contribution in [2.24, 2.45) is 5.73 Å². The van der Waals surface area contributed by atoms with E-state index in [1.54, 1.807) is 12.1 Å². The Kier molecular flexibility index (Phi) is 3.12. The SMILES string of the molecule is Cc1cc(N)ccc1-c1c(N)ccc(N)c1CN. The largest absolute Gasteiger partial charge is 0.399 e. The highest BCUT2D eigenvalue weighted by molar-refractivity contribution is 5.85. The van der Waals surface area contributed by atoms with E-state index in [0.29, 0.717) is 17.9 Å². The number of benzene rings is 2. The quantitative estimate of drug-likeness (QED) is 0.603. The summed E-state index contributed by atoms with van der Waals surface area (Å²) in [4.78, 5) is 0. The van der Waals surface area contributed by atoms with Gasteiger partial charge in [-0.2, -0.15) is 0 Å². The van der Waals surface area contributed by atoms with Crippen molar-refractivity contribution < 1.29 is 0 Å². The number of aryl methyl sites for hydroxylation is 1. The first-order chi connectivity index (χ1) is 8.54. The maximum atomic E-state index is 6.06. The Morgan fingerprint density at radius 3 is 2.22 bits per heavy atom. The predicted molar refractivity (Wildman–Crippen MR) is 77.7 cm³/mol. The fraction of sp³-hybridized carbons (Fsp3) is 0.143. The van der Waals surface area contributed by atoms with Gasteiger partial charge in [0.25, 0.3) is 0 Å². The summed E-state index contributed by atoms with van der Waals surface area (Å²) < 4.78 is 0. The molecule has 0 radical (unpaired) electrons. The summed E-state index contributed by atoms with van der Waals surface area (Å²) in [6.45, 7) is 2.35. The number of nitrogen functional groups attached to an aromatic ring is 3. The molecule has 0 aliphatic carbocycles. The Balaban J connectivity index is 2.74. The highest BCUT2D eigenvalue weighted by Gasteiger charge is 2.13. The van der Waals surface area contributed by atoms with E-state index in [1.165, 1.54) is 0 Å². The standard InChI is InChI=1S/C14H18N4/c1-8-6-9(16)2-3-10(8)14-11(7-15)12(17)4-5-13(14)18/h2-6H,7,15-18H2,1H3. The van der Waals surface area contributed by atoms with Crippen LogP contribution in [0.2, 0.25) is 0 Å². The molecule has 94 valence electrons. The van der Waals surface area contributed by atoms with Gasteiger partial charge in [0.05, 0.1) is 0 Å². The first kappa shape index (κ1) is 12.3. The average Bonchev–Trinajstić information content (AvgIpc) is 2.33. The van der Waals surface area contributed by atoms with Crippen molar-refractivity contribution in [1.82, 2.24) is 0 Å². The van der Waals surface area contributed by atoms with Gasteiger partial charge in [-0.3, -0.25) is 0 Å². The van der Waals surface area contributed by atoms with Crippen LogP contribution in [0.1, 0.15) is 11.1 Å². The second-order valence-corrected chi connectivity index (χ2v) is 4.38. The monoisotopic (exact) mass is 242 g/mol. The number of nitrogens with two attached hydrogens (primary N) is 4. The van der Waals surface area contributed by atoms with Crippen molar-refractivity contribution >= 4 is 17.1 Å². The second kappa shape index (κ2) is 4.58. The molecule has 2 aromatic rings. The third-order valence-corrected chi connectivity index (χ3v) is 3.11. The molecule has 0 amide bonds. The topological polar surface area (TPSA) is 104 Å². The van der Waals surface area contributed by atoms with Gasteiger partial charge in [0.15, 0.2) is 0 Å². The van der Waals surface area contributed by atoms with Gasteiger partial charge in [-0.05, 0) is 47.9 Å². The highest BCUT2D eigenvalue weighted by Crippen LogP contribution is 2.35. The van der Waals surface area contributed by atoms with E-state index < -0.39 is 0 Å². The van der Waals surface area contributed by atoms with Crippen LogP contribution in [-0.2, 0) is 6.54 Å². The third-order valence-electron chi connectivity index (χ3n) is 3.11. The van der Waals surface area contributed by atoms with E-state index in [4.69, 9.17) is 22.9 Å². The van der Waals surface area contributed by atoms with Crippen LogP contribution in [0.25, 0.3) is 11.1 Å². The lowest BCUT2D eigenvalue weighted by Gasteiger charge is -2.16. The summed E-state index contributed by atoms with van der Waals surface area (Å²) in [5, 5.41) is 0. The molecule has 0 aromatic heterocycles. The number of hydrogen-bond donors (Lipinski definition) is 4. The van der Waals surface area contributed by atoms with Crippen LogP contribution in [0.3, 0.4) is 0 Å². The minimum atomic E-state index is 0.357. The van der Waals surface area contributed by atoms with Crippen LogP contribution in [0.5, 0.6) is 0 Å². The molecule has 0 saturated heterocycles. The van der Waals surface area contributed by atoms with Gasteiger partial charge in [-0.15, -0.1) is 0 Å². The molecule has 18 heavy (non-hydrogen) atoms. The lowest BCUT2D eigenvalue weighted by atomic mass is 9.93. The molecule has 4 nitrogen and oxygen atoms in total.